The number of nitro benzene ring substituents is 1. The topological polar surface area (TPSA) is 119 Å². The van der Waals surface area contributed by atoms with Crippen LogP contribution in [0.4, 0.5) is 15.8 Å². The van der Waals surface area contributed by atoms with Crippen molar-refractivity contribution in [2.45, 2.75) is 4.90 Å². The number of rotatable bonds is 5. The van der Waals surface area contributed by atoms with Gasteiger partial charge < -0.3 is 10.1 Å². The molecule has 0 radical (unpaired) electrons. The third-order valence-corrected chi connectivity index (χ3v) is 7.07. The van der Waals surface area contributed by atoms with Gasteiger partial charge in [-0.25, -0.2) is 8.42 Å². The van der Waals surface area contributed by atoms with E-state index < -0.39 is 32.4 Å². The van der Waals surface area contributed by atoms with Gasteiger partial charge in [-0.15, -0.1) is 0 Å². The van der Waals surface area contributed by atoms with Crippen molar-refractivity contribution < 1.29 is 27.3 Å². The van der Waals surface area contributed by atoms with E-state index in [1.54, 1.807) is 0 Å². The van der Waals surface area contributed by atoms with Crippen molar-refractivity contribution in [3.63, 3.8) is 0 Å². The molecule has 0 aromatic heterocycles. The number of morpholine rings is 1. The summed E-state index contributed by atoms with van der Waals surface area (Å²) in [6.45, 7) is 0.954. The Hall–Kier alpha value is -2.41. The number of nitrogens with one attached hydrogen (secondary N) is 1. The van der Waals surface area contributed by atoms with Crippen molar-refractivity contribution in [3.8, 4) is 0 Å². The number of hydrogen-bond acceptors (Lipinski definition) is 6. The van der Waals surface area contributed by atoms with E-state index in [1.807, 2.05) is 0 Å². The fourth-order valence-electron chi connectivity index (χ4n) is 2.70. The van der Waals surface area contributed by atoms with Crippen molar-refractivity contribution in [2.75, 3.05) is 31.6 Å². The van der Waals surface area contributed by atoms with Gasteiger partial charge in [-0.05, 0) is 46.3 Å². The second-order valence-corrected chi connectivity index (χ2v) is 8.80. The first-order valence-electron chi connectivity index (χ1n) is 8.33. The zero-order valence-electron chi connectivity index (χ0n) is 14.8. The van der Waals surface area contributed by atoms with Crippen molar-refractivity contribution in [1.82, 2.24) is 4.31 Å². The van der Waals surface area contributed by atoms with Crippen LogP contribution >= 0.6 is 15.9 Å². The summed E-state index contributed by atoms with van der Waals surface area (Å²) < 4.78 is 45.9. The lowest BCUT2D eigenvalue weighted by atomic mass is 10.2. The van der Waals surface area contributed by atoms with Gasteiger partial charge in [0.25, 0.3) is 5.91 Å². The fourth-order valence-corrected chi connectivity index (χ4v) is 5.06. The van der Waals surface area contributed by atoms with Crippen molar-refractivity contribution in [2.24, 2.45) is 0 Å². The predicted molar refractivity (Wildman–Crippen MR) is 105 cm³/mol. The molecule has 1 saturated heterocycles. The Morgan fingerprint density at radius 3 is 2.55 bits per heavy atom. The second-order valence-electron chi connectivity index (χ2n) is 6.04. The van der Waals surface area contributed by atoms with E-state index in [0.29, 0.717) is 0 Å². The van der Waals surface area contributed by atoms with Gasteiger partial charge in [0.05, 0.1) is 23.0 Å². The lowest BCUT2D eigenvalue weighted by Crippen LogP contribution is -2.40. The minimum atomic E-state index is -3.86. The Kier molecular flexibility index (Phi) is 6.27. The monoisotopic (exact) mass is 487 g/mol. The van der Waals surface area contributed by atoms with Gasteiger partial charge in [-0.2, -0.15) is 8.70 Å². The number of amides is 1. The van der Waals surface area contributed by atoms with Crippen molar-refractivity contribution in [3.05, 3.63) is 62.4 Å². The number of nitro groups is 1. The van der Waals surface area contributed by atoms with E-state index in [1.165, 1.54) is 28.6 Å². The van der Waals surface area contributed by atoms with Crippen molar-refractivity contribution >= 4 is 43.2 Å². The van der Waals surface area contributed by atoms with Crippen LogP contribution in [0.3, 0.4) is 0 Å². The Labute approximate surface area is 173 Å². The summed E-state index contributed by atoms with van der Waals surface area (Å²) in [6, 6.07) is 6.96. The average Bonchev–Trinajstić information content (AvgIpc) is 2.70. The van der Waals surface area contributed by atoms with E-state index >= 15 is 0 Å². The maximum atomic E-state index is 13.4. The largest absolute Gasteiger partial charge is 0.379 e. The molecule has 0 unspecified atom stereocenters. The van der Waals surface area contributed by atoms with E-state index in [0.717, 1.165) is 12.1 Å². The summed E-state index contributed by atoms with van der Waals surface area (Å²) >= 11 is 3.20. The maximum Gasteiger partial charge on any atom is 0.306 e. The first-order valence-corrected chi connectivity index (χ1v) is 10.6. The molecule has 0 spiro atoms. The Balaban J connectivity index is 1.88. The highest BCUT2D eigenvalue weighted by Gasteiger charge is 2.29. The molecule has 1 heterocycles. The molecule has 3 rings (SSSR count). The highest BCUT2D eigenvalue weighted by Crippen LogP contribution is 2.28. The van der Waals surface area contributed by atoms with Gasteiger partial charge >= 0.3 is 5.69 Å². The molecule has 1 N–H and O–H groups in total. The lowest BCUT2D eigenvalue weighted by Gasteiger charge is -2.26. The SMILES string of the molecule is O=C(Nc1ccc(F)c([N+](=O)[O-])c1)c1ccc(Br)c(S(=O)(=O)N2CCOCC2)c1. The normalized spacial score (nSPS) is 15.1. The van der Waals surface area contributed by atoms with E-state index in [2.05, 4.69) is 21.2 Å². The molecule has 1 aliphatic rings. The Morgan fingerprint density at radius 2 is 1.90 bits per heavy atom. The molecule has 0 bridgehead atoms. The summed E-state index contributed by atoms with van der Waals surface area (Å²) in [7, 11) is -3.86. The molecule has 0 saturated carbocycles. The highest BCUT2D eigenvalue weighted by atomic mass is 79.9. The third kappa shape index (κ3) is 4.61. The zero-order valence-corrected chi connectivity index (χ0v) is 17.2. The van der Waals surface area contributed by atoms with Gasteiger partial charge in [0, 0.05) is 34.9 Å². The molecule has 154 valence electrons. The molecule has 9 nitrogen and oxygen atoms in total. The minimum Gasteiger partial charge on any atom is -0.379 e. The van der Waals surface area contributed by atoms with E-state index in [9.17, 15) is 27.7 Å². The van der Waals surface area contributed by atoms with Gasteiger partial charge in [-0.3, -0.25) is 14.9 Å². The number of hydrogen-bond donors (Lipinski definition) is 1. The van der Waals surface area contributed by atoms with Gasteiger partial charge in [-0.1, -0.05) is 0 Å². The van der Waals surface area contributed by atoms with Gasteiger partial charge in [0.15, 0.2) is 0 Å². The fraction of sp³-hybridized carbons (Fsp3) is 0.235. The third-order valence-electron chi connectivity index (χ3n) is 4.18. The molecular weight excluding hydrogens is 473 g/mol. The average molecular weight is 488 g/mol. The molecule has 12 heteroatoms. The summed E-state index contributed by atoms with van der Waals surface area (Å²) in [4.78, 5) is 22.4. The van der Waals surface area contributed by atoms with Crippen LogP contribution in [0.1, 0.15) is 10.4 Å². The molecule has 29 heavy (non-hydrogen) atoms. The standard InChI is InChI=1S/C17H15BrFN3O6S/c18-13-3-1-11(9-16(13)29(26,27)21-5-7-28-8-6-21)17(23)20-12-2-4-14(19)15(10-12)22(24)25/h1-4,9-10H,5-8H2,(H,20,23). The number of sulfonamides is 1. The first-order chi connectivity index (χ1) is 13.7. The smallest absolute Gasteiger partial charge is 0.306 e. The molecule has 0 aliphatic carbocycles. The summed E-state index contributed by atoms with van der Waals surface area (Å²) in [6.07, 6.45) is 0. The quantitative estimate of drug-likeness (QED) is 0.511. The van der Waals surface area contributed by atoms with E-state index in [-0.39, 0.29) is 46.9 Å². The molecule has 2 aromatic rings. The van der Waals surface area contributed by atoms with Crippen LogP contribution in [0.2, 0.25) is 0 Å². The number of carbonyl (C=O) groups is 1. The molecule has 1 aliphatic heterocycles. The number of anilines is 1. The summed E-state index contributed by atoms with van der Waals surface area (Å²) in [5, 5.41) is 13.2. The first kappa shape index (κ1) is 21.3. The molecular formula is C17H15BrFN3O6S. The predicted octanol–water partition coefficient (Wildman–Crippen LogP) is 2.77. The maximum absolute atomic E-state index is 13.4. The van der Waals surface area contributed by atoms with Crippen LogP contribution in [0.5, 0.6) is 0 Å². The number of benzene rings is 2. The number of ether oxygens (including phenoxy) is 1. The van der Waals surface area contributed by atoms with Gasteiger partial charge in [0.1, 0.15) is 0 Å². The molecule has 1 amide bonds. The minimum absolute atomic E-state index is 0.00334. The lowest BCUT2D eigenvalue weighted by molar-refractivity contribution is -0.387. The van der Waals surface area contributed by atoms with Crippen LogP contribution in [0.15, 0.2) is 45.8 Å². The Bertz CT molecular complexity index is 1070. The van der Waals surface area contributed by atoms with E-state index in [4.69, 9.17) is 4.74 Å². The van der Waals surface area contributed by atoms with Crippen LogP contribution in [-0.2, 0) is 14.8 Å². The highest BCUT2D eigenvalue weighted by molar-refractivity contribution is 9.10. The van der Waals surface area contributed by atoms with Crippen LogP contribution in [-0.4, -0.2) is 49.9 Å². The molecule has 0 atom stereocenters. The van der Waals surface area contributed by atoms with Gasteiger partial charge in [0.2, 0.25) is 15.8 Å². The number of carbonyl (C=O) groups excluding carboxylic acids is 1. The summed E-state index contributed by atoms with van der Waals surface area (Å²) in [5.74, 6) is -1.73. The molecule has 2 aromatic carbocycles. The Morgan fingerprint density at radius 1 is 1.21 bits per heavy atom. The zero-order chi connectivity index (χ0) is 21.2. The number of nitrogens with zero attached hydrogens (tertiary/aromatic N) is 2. The molecule has 1 fully saturated rings. The van der Waals surface area contributed by atoms with Crippen molar-refractivity contribution in [1.29, 1.82) is 0 Å². The van der Waals surface area contributed by atoms with Crippen LogP contribution < -0.4 is 5.32 Å². The van der Waals surface area contributed by atoms with Crippen LogP contribution in [0, 0.1) is 15.9 Å². The summed E-state index contributed by atoms with van der Waals surface area (Å²) in [5.41, 5.74) is -0.759. The number of halogens is 2. The second kappa shape index (κ2) is 8.53. The van der Waals surface area contributed by atoms with Crippen LogP contribution in [0.25, 0.3) is 0 Å².